The van der Waals surface area contributed by atoms with Crippen LogP contribution in [0, 0.1) is 11.8 Å². The summed E-state index contributed by atoms with van der Waals surface area (Å²) in [5, 5.41) is 39.5. The predicted molar refractivity (Wildman–Crippen MR) is 111 cm³/mol. The van der Waals surface area contributed by atoms with Gasteiger partial charge in [0.05, 0.1) is 17.8 Å². The van der Waals surface area contributed by atoms with Crippen molar-refractivity contribution in [2.24, 2.45) is 11.8 Å². The largest absolute Gasteiger partial charge is 0.491 e. The second-order valence-electron chi connectivity index (χ2n) is 7.43. The van der Waals surface area contributed by atoms with Crippen LogP contribution in [0.2, 0.25) is 0 Å². The Labute approximate surface area is 190 Å². The van der Waals surface area contributed by atoms with Crippen molar-refractivity contribution in [1.29, 1.82) is 0 Å². The zero-order valence-corrected chi connectivity index (χ0v) is 17.1. The first-order valence-corrected chi connectivity index (χ1v) is 9.95. The van der Waals surface area contributed by atoms with Crippen LogP contribution < -0.4 is 4.74 Å². The van der Waals surface area contributed by atoms with Gasteiger partial charge in [0, 0.05) is 24.2 Å². The summed E-state index contributed by atoms with van der Waals surface area (Å²) < 4.78 is 74.7. The van der Waals surface area contributed by atoms with E-state index in [2.05, 4.69) is 0 Å². The minimum absolute atomic E-state index is 0.0110. The summed E-state index contributed by atoms with van der Waals surface area (Å²) in [6.07, 6.45) is -9.12. The molecule has 1 aliphatic rings. The molecule has 1 aromatic rings. The van der Waals surface area contributed by atoms with Gasteiger partial charge < -0.3 is 25.2 Å². The lowest BCUT2D eigenvalue weighted by Gasteiger charge is -2.19. The molecule has 6 nitrogen and oxygen atoms in total. The number of aliphatic hydroxyl groups is 3. The first-order valence-electron chi connectivity index (χ1n) is 12.0. The molecule has 1 saturated carbocycles. The monoisotopic (exact) mass is 462 g/mol. The topological polar surface area (TPSA) is 107 Å². The van der Waals surface area contributed by atoms with Gasteiger partial charge in [-0.1, -0.05) is 30.4 Å². The highest BCUT2D eigenvalue weighted by Gasteiger charge is 2.39. The van der Waals surface area contributed by atoms with Gasteiger partial charge in [-0.05, 0) is 43.3 Å². The van der Waals surface area contributed by atoms with E-state index in [-0.39, 0.29) is 25.2 Å². The molecule has 0 spiro atoms. The highest BCUT2D eigenvalue weighted by Crippen LogP contribution is 2.36. The van der Waals surface area contributed by atoms with Gasteiger partial charge in [0.25, 0.3) is 0 Å². The summed E-state index contributed by atoms with van der Waals surface area (Å²) in [6.45, 7) is -0.368. The zero-order valence-electron chi connectivity index (χ0n) is 21.1. The molecule has 0 unspecified atom stereocenters. The molecule has 178 valence electrons. The number of hydrogen-bond acceptors (Lipinski definition) is 5. The summed E-state index contributed by atoms with van der Waals surface area (Å²) in [4.78, 5) is 10.8. The Bertz CT molecular complexity index is 954. The van der Waals surface area contributed by atoms with E-state index in [9.17, 15) is 33.3 Å². The lowest BCUT2D eigenvalue weighted by molar-refractivity contribution is -0.138. The Morgan fingerprint density at radius 1 is 1.28 bits per heavy atom. The number of rotatable bonds is 11. The third-order valence-electron chi connectivity index (χ3n) is 5.00. The van der Waals surface area contributed by atoms with Gasteiger partial charge in [0.2, 0.25) is 0 Å². The number of ether oxygens (including phenoxy) is 1. The van der Waals surface area contributed by atoms with Gasteiger partial charge in [-0.2, -0.15) is 13.2 Å². The van der Waals surface area contributed by atoms with E-state index in [1.165, 1.54) is 30.4 Å². The van der Waals surface area contributed by atoms with Crippen LogP contribution in [0.3, 0.4) is 0 Å². The molecule has 32 heavy (non-hydrogen) atoms. The van der Waals surface area contributed by atoms with Crippen molar-refractivity contribution in [3.05, 3.63) is 54.1 Å². The Hall–Kier alpha value is -2.36. The van der Waals surface area contributed by atoms with Crippen LogP contribution in [-0.4, -0.2) is 51.3 Å². The van der Waals surface area contributed by atoms with Crippen LogP contribution in [0.4, 0.5) is 13.2 Å². The fourth-order valence-electron chi connectivity index (χ4n) is 3.43. The van der Waals surface area contributed by atoms with E-state index in [0.29, 0.717) is 0 Å². The third kappa shape index (κ3) is 8.29. The normalized spacial score (nSPS) is 27.7. The van der Waals surface area contributed by atoms with E-state index in [1.807, 2.05) is 0 Å². The first kappa shape index (κ1) is 20.3. The van der Waals surface area contributed by atoms with Gasteiger partial charge >= 0.3 is 12.1 Å². The highest BCUT2D eigenvalue weighted by molar-refractivity contribution is 5.66. The average molecular weight is 462 g/mol. The van der Waals surface area contributed by atoms with Gasteiger partial charge in [-0.25, -0.2) is 0 Å². The average Bonchev–Trinajstić information content (AvgIpc) is 3.01. The number of alkyl halides is 3. The van der Waals surface area contributed by atoms with E-state index in [4.69, 9.17) is 15.3 Å². The molecule has 0 amide bonds. The SMILES string of the molecule is [2H]C([2H])(/C=C\C[C@@H]1[C@@H](/C=C/[C@@H](O)COc2cccc(C(F)(F)F)c2)[C@H](O)C[C@@H]1O)C([2H])([2H])CC(=O)O. The van der Waals surface area contributed by atoms with Crippen molar-refractivity contribution >= 4 is 5.97 Å². The van der Waals surface area contributed by atoms with Crippen molar-refractivity contribution in [2.75, 3.05) is 6.61 Å². The molecule has 0 aliphatic heterocycles. The summed E-state index contributed by atoms with van der Waals surface area (Å²) in [5.41, 5.74) is -0.899. The maximum absolute atomic E-state index is 12.8. The van der Waals surface area contributed by atoms with E-state index in [0.717, 1.165) is 18.2 Å². The number of benzene rings is 1. The van der Waals surface area contributed by atoms with Gasteiger partial charge in [0.15, 0.2) is 0 Å². The van der Waals surface area contributed by atoms with Crippen molar-refractivity contribution in [1.82, 2.24) is 0 Å². The molecular formula is C23H29F3O6. The second kappa shape index (κ2) is 12.0. The summed E-state index contributed by atoms with van der Waals surface area (Å²) >= 11 is 0. The van der Waals surface area contributed by atoms with Gasteiger partial charge in [-0.3, -0.25) is 4.79 Å². The smallest absolute Gasteiger partial charge is 0.416 e. The maximum Gasteiger partial charge on any atom is 0.416 e. The zero-order chi connectivity index (χ0) is 27.3. The van der Waals surface area contributed by atoms with E-state index >= 15 is 0 Å². The first-order chi connectivity index (χ1) is 16.5. The maximum atomic E-state index is 12.8. The summed E-state index contributed by atoms with van der Waals surface area (Å²) in [5.74, 6) is -2.85. The van der Waals surface area contributed by atoms with Crippen LogP contribution in [0.1, 0.15) is 43.1 Å². The molecule has 1 fully saturated rings. The Balaban J connectivity index is 2.00. The molecule has 2 rings (SSSR count). The van der Waals surface area contributed by atoms with Crippen LogP contribution in [0.25, 0.3) is 0 Å². The minimum Gasteiger partial charge on any atom is -0.491 e. The fourth-order valence-corrected chi connectivity index (χ4v) is 3.43. The minimum atomic E-state index is -4.54. The Kier molecular flexibility index (Phi) is 7.62. The van der Waals surface area contributed by atoms with Crippen LogP contribution in [-0.2, 0) is 11.0 Å². The number of carboxylic acids is 1. The van der Waals surface area contributed by atoms with Crippen LogP contribution in [0.5, 0.6) is 5.75 Å². The standard InChI is InChI=1S/C23H29F3O6/c24-23(25,26)15-6-5-7-17(12-15)32-14-16(27)10-11-19-18(20(28)13-21(19)29)8-3-1-2-4-9-22(30)31/h1,3,5-7,10-12,16,18-21,27-29H,2,4,8-9,13-14H2,(H,30,31)/b3-1-,11-10+/t16-,18-,19-,20+,21-/m1/s1/i2D2,4D2. The van der Waals surface area contributed by atoms with Crippen LogP contribution in [0.15, 0.2) is 48.6 Å². The van der Waals surface area contributed by atoms with Crippen molar-refractivity contribution < 1.29 is 48.6 Å². The third-order valence-corrected chi connectivity index (χ3v) is 5.00. The fraction of sp³-hybridized carbons (Fsp3) is 0.522. The highest BCUT2D eigenvalue weighted by atomic mass is 19.4. The van der Waals surface area contributed by atoms with E-state index < -0.39 is 67.0 Å². The number of hydrogen-bond donors (Lipinski definition) is 4. The Morgan fingerprint density at radius 2 is 2.03 bits per heavy atom. The molecule has 1 aliphatic carbocycles. The molecule has 5 atom stereocenters. The molecule has 4 N–H and O–H groups in total. The number of aliphatic hydroxyl groups excluding tert-OH is 3. The quantitative estimate of drug-likeness (QED) is 0.375. The second-order valence-corrected chi connectivity index (χ2v) is 7.43. The van der Waals surface area contributed by atoms with E-state index in [1.54, 1.807) is 0 Å². The molecule has 0 radical (unpaired) electrons. The molecule has 0 bridgehead atoms. The number of allylic oxidation sites excluding steroid dienone is 2. The lowest BCUT2D eigenvalue weighted by Crippen LogP contribution is -2.21. The molecule has 9 heteroatoms. The van der Waals surface area contributed by atoms with Crippen molar-refractivity contribution in [3.63, 3.8) is 0 Å². The molecule has 0 heterocycles. The van der Waals surface area contributed by atoms with Crippen LogP contribution >= 0.6 is 0 Å². The number of carbonyl (C=O) groups is 1. The van der Waals surface area contributed by atoms with Gasteiger partial charge in [-0.15, -0.1) is 0 Å². The molecule has 1 aromatic carbocycles. The predicted octanol–water partition coefficient (Wildman–Crippen LogP) is 3.56. The number of carboxylic acid groups (broad SMARTS) is 1. The van der Waals surface area contributed by atoms with Crippen molar-refractivity contribution in [2.45, 2.75) is 56.5 Å². The lowest BCUT2D eigenvalue weighted by atomic mass is 9.89. The molecule has 0 aromatic heterocycles. The Morgan fingerprint density at radius 3 is 2.72 bits per heavy atom. The summed E-state index contributed by atoms with van der Waals surface area (Å²) in [6, 6.07) is 4.16. The molecular weight excluding hydrogens is 429 g/mol. The summed E-state index contributed by atoms with van der Waals surface area (Å²) in [7, 11) is 0. The molecule has 0 saturated heterocycles. The van der Waals surface area contributed by atoms with Crippen molar-refractivity contribution in [3.8, 4) is 5.75 Å². The number of halogens is 3. The van der Waals surface area contributed by atoms with Gasteiger partial charge in [0.1, 0.15) is 18.5 Å². The number of aliphatic carboxylic acids is 1.